The quantitative estimate of drug-likeness (QED) is 0.755. The van der Waals surface area contributed by atoms with E-state index in [0.29, 0.717) is 11.6 Å². The number of piperidine rings is 1. The van der Waals surface area contributed by atoms with Crippen molar-refractivity contribution in [2.45, 2.75) is 19.8 Å². The smallest absolute Gasteiger partial charge is 0.321 e. The van der Waals surface area contributed by atoms with Crippen LogP contribution < -0.4 is 5.32 Å². The molecule has 1 aromatic carbocycles. The largest absolute Gasteiger partial charge is 0.505 e. The molecule has 2 amide bonds. The Balaban J connectivity index is 1.96. The molecule has 0 aromatic heterocycles. The zero-order chi connectivity index (χ0) is 13.1. The second-order valence-electron chi connectivity index (χ2n) is 4.77. The number of nitrogens with one attached hydrogen (secondary N) is 1. The second kappa shape index (κ2) is 5.25. The first kappa shape index (κ1) is 12.7. The fourth-order valence-corrected chi connectivity index (χ4v) is 2.00. The van der Waals surface area contributed by atoms with Gasteiger partial charge in [-0.05, 0) is 30.9 Å². The van der Waals surface area contributed by atoms with Crippen molar-refractivity contribution in [3.8, 4) is 5.75 Å². The molecule has 5 heteroatoms. The summed E-state index contributed by atoms with van der Waals surface area (Å²) in [6.07, 6.45) is 1.99. The molecule has 2 rings (SSSR count). The topological polar surface area (TPSA) is 52.6 Å². The van der Waals surface area contributed by atoms with Gasteiger partial charge >= 0.3 is 6.03 Å². The molecule has 0 aliphatic carbocycles. The summed E-state index contributed by atoms with van der Waals surface area (Å²) in [5, 5.41) is 11.7. The average molecular weight is 252 g/mol. The fourth-order valence-electron chi connectivity index (χ4n) is 2.00. The lowest BCUT2D eigenvalue weighted by molar-refractivity contribution is 0.186. The Labute approximate surface area is 105 Å². The van der Waals surface area contributed by atoms with Gasteiger partial charge in [-0.2, -0.15) is 0 Å². The van der Waals surface area contributed by atoms with Gasteiger partial charge in [-0.15, -0.1) is 0 Å². The molecular formula is C13H17FN2O2. The molecular weight excluding hydrogens is 235 g/mol. The minimum Gasteiger partial charge on any atom is -0.505 e. The van der Waals surface area contributed by atoms with Gasteiger partial charge in [0.2, 0.25) is 0 Å². The van der Waals surface area contributed by atoms with Gasteiger partial charge in [0.15, 0.2) is 11.6 Å². The Hall–Kier alpha value is -1.78. The lowest BCUT2D eigenvalue weighted by Crippen LogP contribution is -2.40. The molecule has 0 bridgehead atoms. The van der Waals surface area contributed by atoms with E-state index >= 15 is 0 Å². The number of likely N-dealkylation sites (tertiary alicyclic amines) is 1. The molecule has 0 unspecified atom stereocenters. The number of urea groups is 1. The number of carbonyl (C=O) groups excluding carboxylic acids is 1. The maximum Gasteiger partial charge on any atom is 0.321 e. The highest BCUT2D eigenvalue weighted by Crippen LogP contribution is 2.21. The molecule has 0 atom stereocenters. The zero-order valence-corrected chi connectivity index (χ0v) is 10.3. The highest BCUT2D eigenvalue weighted by atomic mass is 19.1. The van der Waals surface area contributed by atoms with Gasteiger partial charge in [0.1, 0.15) is 0 Å². The van der Waals surface area contributed by atoms with E-state index < -0.39 is 11.6 Å². The molecule has 98 valence electrons. The number of carbonyl (C=O) groups is 1. The SMILES string of the molecule is CC1CCN(C(=O)Nc2ccc(O)c(F)c2)CC1. The Kier molecular flexibility index (Phi) is 3.69. The number of benzene rings is 1. The normalized spacial score (nSPS) is 16.7. The minimum atomic E-state index is -0.736. The zero-order valence-electron chi connectivity index (χ0n) is 10.3. The number of phenolic OH excluding ortho intramolecular Hbond substituents is 1. The van der Waals surface area contributed by atoms with Gasteiger partial charge in [-0.25, -0.2) is 9.18 Å². The molecule has 1 heterocycles. The van der Waals surface area contributed by atoms with E-state index in [-0.39, 0.29) is 6.03 Å². The van der Waals surface area contributed by atoms with Gasteiger partial charge < -0.3 is 15.3 Å². The molecule has 0 radical (unpaired) electrons. The number of halogens is 1. The molecule has 18 heavy (non-hydrogen) atoms. The summed E-state index contributed by atoms with van der Waals surface area (Å²) in [6, 6.07) is 3.60. The second-order valence-corrected chi connectivity index (χ2v) is 4.77. The summed E-state index contributed by atoms with van der Waals surface area (Å²) in [5.41, 5.74) is 0.355. The summed E-state index contributed by atoms with van der Waals surface area (Å²) < 4.78 is 13.1. The van der Waals surface area contributed by atoms with E-state index in [1.165, 1.54) is 12.1 Å². The van der Waals surface area contributed by atoms with Crippen LogP contribution in [0.4, 0.5) is 14.9 Å². The first-order chi connectivity index (χ1) is 8.56. The van der Waals surface area contributed by atoms with Gasteiger partial charge in [-0.3, -0.25) is 0 Å². The molecule has 0 saturated carbocycles. The number of hydrogen-bond acceptors (Lipinski definition) is 2. The summed E-state index contributed by atoms with van der Waals surface area (Å²) in [7, 11) is 0. The Morgan fingerprint density at radius 3 is 2.72 bits per heavy atom. The monoisotopic (exact) mass is 252 g/mol. The lowest BCUT2D eigenvalue weighted by Gasteiger charge is -2.30. The summed E-state index contributed by atoms with van der Waals surface area (Å²) in [4.78, 5) is 13.6. The molecule has 1 aromatic rings. The molecule has 2 N–H and O–H groups in total. The van der Waals surface area contributed by atoms with E-state index in [4.69, 9.17) is 5.11 Å². The van der Waals surface area contributed by atoms with Gasteiger partial charge in [-0.1, -0.05) is 6.92 Å². The van der Waals surface area contributed by atoms with E-state index in [9.17, 15) is 9.18 Å². The van der Waals surface area contributed by atoms with Crippen molar-refractivity contribution in [2.75, 3.05) is 18.4 Å². The van der Waals surface area contributed by atoms with Crippen molar-refractivity contribution in [3.05, 3.63) is 24.0 Å². The number of hydrogen-bond donors (Lipinski definition) is 2. The van der Waals surface area contributed by atoms with E-state index in [0.717, 1.165) is 32.0 Å². The lowest BCUT2D eigenvalue weighted by atomic mass is 10.00. The van der Waals surface area contributed by atoms with Crippen LogP contribution in [0.5, 0.6) is 5.75 Å². The van der Waals surface area contributed by atoms with E-state index in [2.05, 4.69) is 12.2 Å². The van der Waals surface area contributed by atoms with Crippen molar-refractivity contribution in [2.24, 2.45) is 5.92 Å². The van der Waals surface area contributed by atoms with Gasteiger partial charge in [0, 0.05) is 24.8 Å². The van der Waals surface area contributed by atoms with Crippen molar-refractivity contribution >= 4 is 11.7 Å². The highest BCUT2D eigenvalue weighted by Gasteiger charge is 2.20. The fraction of sp³-hybridized carbons (Fsp3) is 0.462. The summed E-state index contributed by atoms with van der Waals surface area (Å²) in [5.74, 6) is -0.500. The predicted molar refractivity (Wildman–Crippen MR) is 67.1 cm³/mol. The third kappa shape index (κ3) is 2.91. The van der Waals surface area contributed by atoms with Crippen LogP contribution in [0.3, 0.4) is 0 Å². The van der Waals surface area contributed by atoms with Crippen molar-refractivity contribution in [1.82, 2.24) is 4.90 Å². The van der Waals surface area contributed by atoms with Crippen molar-refractivity contribution < 1.29 is 14.3 Å². The van der Waals surface area contributed by atoms with Crippen molar-refractivity contribution in [3.63, 3.8) is 0 Å². The van der Waals surface area contributed by atoms with Gasteiger partial charge in [0.05, 0.1) is 0 Å². The molecule has 0 spiro atoms. The van der Waals surface area contributed by atoms with Crippen LogP contribution in [0.2, 0.25) is 0 Å². The van der Waals surface area contributed by atoms with E-state index in [1.54, 1.807) is 4.90 Å². The van der Waals surface area contributed by atoms with Crippen LogP contribution in [0, 0.1) is 11.7 Å². The van der Waals surface area contributed by atoms with Gasteiger partial charge in [0.25, 0.3) is 0 Å². The predicted octanol–water partition coefficient (Wildman–Crippen LogP) is 2.80. The van der Waals surface area contributed by atoms with Crippen LogP contribution >= 0.6 is 0 Å². The average Bonchev–Trinajstić information content (AvgIpc) is 2.34. The first-order valence-electron chi connectivity index (χ1n) is 6.10. The standard InChI is InChI=1S/C13H17FN2O2/c1-9-4-6-16(7-5-9)13(18)15-10-2-3-12(17)11(14)8-10/h2-3,8-9,17H,4-7H2,1H3,(H,15,18). The number of rotatable bonds is 1. The molecule has 1 saturated heterocycles. The van der Waals surface area contributed by atoms with Crippen LogP contribution in [0.1, 0.15) is 19.8 Å². The maximum absolute atomic E-state index is 13.1. The number of phenols is 1. The molecule has 1 fully saturated rings. The Morgan fingerprint density at radius 2 is 2.11 bits per heavy atom. The number of amides is 2. The number of aromatic hydroxyl groups is 1. The van der Waals surface area contributed by atoms with E-state index in [1.807, 2.05) is 0 Å². The maximum atomic E-state index is 13.1. The van der Waals surface area contributed by atoms with Crippen LogP contribution in [0.15, 0.2) is 18.2 Å². The van der Waals surface area contributed by atoms with Crippen LogP contribution in [-0.2, 0) is 0 Å². The highest BCUT2D eigenvalue weighted by molar-refractivity contribution is 5.89. The molecule has 1 aliphatic heterocycles. The first-order valence-corrected chi connectivity index (χ1v) is 6.10. The number of nitrogens with zero attached hydrogens (tertiary/aromatic N) is 1. The number of anilines is 1. The summed E-state index contributed by atoms with van der Waals surface area (Å²) >= 11 is 0. The molecule has 1 aliphatic rings. The molecule has 4 nitrogen and oxygen atoms in total. The summed E-state index contributed by atoms with van der Waals surface area (Å²) in [6.45, 7) is 3.63. The third-order valence-electron chi connectivity index (χ3n) is 3.27. The third-order valence-corrected chi connectivity index (χ3v) is 3.27. The minimum absolute atomic E-state index is 0.216. The van der Waals surface area contributed by atoms with Crippen LogP contribution in [-0.4, -0.2) is 29.1 Å². The Morgan fingerprint density at radius 1 is 1.44 bits per heavy atom. The van der Waals surface area contributed by atoms with Crippen molar-refractivity contribution in [1.29, 1.82) is 0 Å². The van der Waals surface area contributed by atoms with Crippen LogP contribution in [0.25, 0.3) is 0 Å². The Bertz CT molecular complexity index is 443.